The molecule has 94 valence electrons. The molecule has 0 saturated heterocycles. The summed E-state index contributed by atoms with van der Waals surface area (Å²) >= 11 is 0. The fourth-order valence-electron chi connectivity index (χ4n) is 2.45. The minimum atomic E-state index is -0.707. The lowest BCUT2D eigenvalue weighted by Gasteiger charge is -2.24. The number of hydrogen-bond donors (Lipinski definition) is 2. The molecule has 1 aromatic rings. The molecule has 0 spiro atoms. The van der Waals surface area contributed by atoms with Crippen molar-refractivity contribution in [1.82, 2.24) is 0 Å². The lowest BCUT2D eigenvalue weighted by atomic mass is 9.86. The van der Waals surface area contributed by atoms with Gasteiger partial charge < -0.3 is 10.4 Å². The summed E-state index contributed by atoms with van der Waals surface area (Å²) < 4.78 is 0. The Labute approximate surface area is 106 Å². The highest BCUT2D eigenvalue weighted by Gasteiger charge is 2.40. The van der Waals surface area contributed by atoms with E-state index >= 15 is 0 Å². The molecule has 1 aromatic carbocycles. The molecule has 0 amide bonds. The average Bonchev–Trinajstić information content (AvgIpc) is 2.87. The molecule has 0 aromatic heterocycles. The van der Waals surface area contributed by atoms with E-state index < -0.39 is 11.4 Å². The molecule has 18 heavy (non-hydrogen) atoms. The average molecular weight is 244 g/mol. The fourth-order valence-corrected chi connectivity index (χ4v) is 2.45. The molecule has 0 unspecified atom stereocenters. The molecule has 0 bridgehead atoms. The minimum absolute atomic E-state index is 0.453. The van der Waals surface area contributed by atoms with Gasteiger partial charge in [0.25, 0.3) is 0 Å². The number of benzene rings is 1. The van der Waals surface area contributed by atoms with Crippen molar-refractivity contribution in [2.24, 2.45) is 5.41 Å². The molecule has 0 aliphatic heterocycles. The molecule has 1 aliphatic rings. The maximum Gasteiger partial charge on any atom is 0.311 e. The Bertz CT molecular complexity index is 468. The number of carbonyl (C=O) groups is 1. The van der Waals surface area contributed by atoms with Crippen molar-refractivity contribution < 1.29 is 9.90 Å². The van der Waals surface area contributed by atoms with E-state index in [4.69, 9.17) is 5.26 Å². The maximum absolute atomic E-state index is 11.4. The van der Waals surface area contributed by atoms with Crippen LogP contribution in [0.15, 0.2) is 24.3 Å². The lowest BCUT2D eigenvalue weighted by molar-refractivity contribution is -0.147. The van der Waals surface area contributed by atoms with E-state index in [1.165, 1.54) is 0 Å². The van der Waals surface area contributed by atoms with E-state index in [1.807, 2.05) is 12.1 Å². The van der Waals surface area contributed by atoms with Gasteiger partial charge in [0.2, 0.25) is 0 Å². The van der Waals surface area contributed by atoms with Crippen molar-refractivity contribution in [2.75, 3.05) is 11.9 Å². The summed E-state index contributed by atoms with van der Waals surface area (Å²) in [5.41, 5.74) is 0.851. The Morgan fingerprint density at radius 1 is 1.33 bits per heavy atom. The molecule has 2 N–H and O–H groups in total. The summed E-state index contributed by atoms with van der Waals surface area (Å²) in [6.45, 7) is 0.453. The van der Waals surface area contributed by atoms with Gasteiger partial charge in [-0.2, -0.15) is 5.26 Å². The van der Waals surface area contributed by atoms with Gasteiger partial charge in [0.15, 0.2) is 0 Å². The highest BCUT2D eigenvalue weighted by Crippen LogP contribution is 2.38. The van der Waals surface area contributed by atoms with E-state index in [1.54, 1.807) is 12.1 Å². The molecule has 1 saturated carbocycles. The molecule has 4 nitrogen and oxygen atoms in total. The highest BCUT2D eigenvalue weighted by atomic mass is 16.4. The van der Waals surface area contributed by atoms with E-state index in [9.17, 15) is 9.90 Å². The topological polar surface area (TPSA) is 73.1 Å². The normalized spacial score (nSPS) is 17.1. The summed E-state index contributed by atoms with van der Waals surface area (Å²) in [6, 6.07) is 9.13. The number of aliphatic carboxylic acids is 1. The van der Waals surface area contributed by atoms with Gasteiger partial charge in [-0.3, -0.25) is 4.79 Å². The molecule has 2 rings (SSSR count). The van der Waals surface area contributed by atoms with Crippen LogP contribution in [0.1, 0.15) is 31.2 Å². The molecule has 0 radical (unpaired) electrons. The quantitative estimate of drug-likeness (QED) is 0.853. The molecule has 0 atom stereocenters. The Morgan fingerprint density at radius 2 is 1.94 bits per heavy atom. The molecule has 1 aliphatic carbocycles. The van der Waals surface area contributed by atoms with E-state index in [0.717, 1.165) is 31.4 Å². The van der Waals surface area contributed by atoms with Gasteiger partial charge in [-0.15, -0.1) is 0 Å². The van der Waals surface area contributed by atoms with E-state index in [2.05, 4.69) is 11.4 Å². The van der Waals surface area contributed by atoms with Crippen molar-refractivity contribution in [1.29, 1.82) is 5.26 Å². The number of nitriles is 1. The monoisotopic (exact) mass is 244 g/mol. The van der Waals surface area contributed by atoms with Gasteiger partial charge in [-0.1, -0.05) is 12.8 Å². The minimum Gasteiger partial charge on any atom is -0.481 e. The van der Waals surface area contributed by atoms with Crippen LogP contribution in [0.4, 0.5) is 5.69 Å². The molecular weight excluding hydrogens is 228 g/mol. The summed E-state index contributed by atoms with van der Waals surface area (Å²) in [4.78, 5) is 11.4. The summed E-state index contributed by atoms with van der Waals surface area (Å²) in [6.07, 6.45) is 3.46. The van der Waals surface area contributed by atoms with Crippen LogP contribution in [-0.4, -0.2) is 17.6 Å². The van der Waals surface area contributed by atoms with Crippen LogP contribution in [-0.2, 0) is 4.79 Å². The van der Waals surface area contributed by atoms with Gasteiger partial charge in [-0.05, 0) is 37.1 Å². The van der Waals surface area contributed by atoms with Gasteiger partial charge in [-0.25, -0.2) is 0 Å². The third-order valence-corrected chi connectivity index (χ3v) is 3.66. The standard InChI is InChI=1S/C14H16N2O2/c15-9-11-3-5-12(6-4-11)16-10-14(13(17)18)7-1-2-8-14/h3-6,16H,1-2,7-8,10H2,(H,17,18). The number of carboxylic acids is 1. The second-order valence-corrected chi connectivity index (χ2v) is 4.84. The SMILES string of the molecule is N#Cc1ccc(NCC2(C(=O)O)CCCC2)cc1. The van der Waals surface area contributed by atoms with Crippen LogP contribution < -0.4 is 5.32 Å². The summed E-state index contributed by atoms with van der Waals surface area (Å²) in [7, 11) is 0. The second kappa shape index (κ2) is 5.09. The predicted molar refractivity (Wildman–Crippen MR) is 68.2 cm³/mol. The maximum atomic E-state index is 11.4. The van der Waals surface area contributed by atoms with Crippen LogP contribution in [0.5, 0.6) is 0 Å². The number of anilines is 1. The van der Waals surface area contributed by atoms with Gasteiger partial charge in [0, 0.05) is 12.2 Å². The van der Waals surface area contributed by atoms with E-state index in [-0.39, 0.29) is 0 Å². The Balaban J connectivity index is 2.01. The van der Waals surface area contributed by atoms with E-state index in [0.29, 0.717) is 12.1 Å². The first-order valence-electron chi connectivity index (χ1n) is 6.14. The van der Waals surface area contributed by atoms with Crippen LogP contribution in [0.2, 0.25) is 0 Å². The van der Waals surface area contributed by atoms with Crippen LogP contribution in [0.3, 0.4) is 0 Å². The summed E-state index contributed by atoms with van der Waals surface area (Å²) in [5.74, 6) is -0.707. The Kier molecular flexibility index (Phi) is 3.52. The zero-order valence-corrected chi connectivity index (χ0v) is 10.1. The number of carboxylic acid groups (broad SMARTS) is 1. The first-order chi connectivity index (χ1) is 8.66. The van der Waals surface area contributed by atoms with Crippen molar-refractivity contribution in [3.63, 3.8) is 0 Å². The van der Waals surface area contributed by atoms with Crippen molar-refractivity contribution >= 4 is 11.7 Å². The number of nitrogens with one attached hydrogen (secondary N) is 1. The zero-order valence-electron chi connectivity index (χ0n) is 10.1. The number of hydrogen-bond acceptors (Lipinski definition) is 3. The fraction of sp³-hybridized carbons (Fsp3) is 0.429. The van der Waals surface area contributed by atoms with Crippen LogP contribution in [0, 0.1) is 16.7 Å². The first-order valence-corrected chi connectivity index (χ1v) is 6.14. The largest absolute Gasteiger partial charge is 0.481 e. The van der Waals surface area contributed by atoms with Crippen LogP contribution >= 0.6 is 0 Å². The van der Waals surface area contributed by atoms with Crippen molar-refractivity contribution in [3.05, 3.63) is 29.8 Å². The van der Waals surface area contributed by atoms with Gasteiger partial charge >= 0.3 is 5.97 Å². The lowest BCUT2D eigenvalue weighted by Crippen LogP contribution is -2.35. The molecule has 1 fully saturated rings. The molecule has 4 heteroatoms. The predicted octanol–water partition coefficient (Wildman–Crippen LogP) is 2.62. The van der Waals surface area contributed by atoms with Crippen molar-refractivity contribution in [2.45, 2.75) is 25.7 Å². The number of nitrogens with zero attached hydrogens (tertiary/aromatic N) is 1. The zero-order chi connectivity index (χ0) is 13.0. The highest BCUT2D eigenvalue weighted by molar-refractivity contribution is 5.76. The van der Waals surface area contributed by atoms with Crippen molar-refractivity contribution in [3.8, 4) is 6.07 Å². The van der Waals surface area contributed by atoms with Gasteiger partial charge in [0.1, 0.15) is 0 Å². The summed E-state index contributed by atoms with van der Waals surface area (Å²) in [5, 5.41) is 21.2. The Hall–Kier alpha value is -2.02. The smallest absolute Gasteiger partial charge is 0.311 e. The van der Waals surface area contributed by atoms with Gasteiger partial charge in [0.05, 0.1) is 17.0 Å². The molecule has 0 heterocycles. The third kappa shape index (κ3) is 2.45. The van der Waals surface area contributed by atoms with Crippen LogP contribution in [0.25, 0.3) is 0 Å². The first kappa shape index (κ1) is 12.4. The second-order valence-electron chi connectivity index (χ2n) is 4.84. The Morgan fingerprint density at radius 3 is 2.44 bits per heavy atom. The number of rotatable bonds is 4. The molecular formula is C14H16N2O2. The third-order valence-electron chi connectivity index (χ3n) is 3.66.